The second kappa shape index (κ2) is 9.43. The van der Waals surface area contributed by atoms with E-state index in [-0.39, 0.29) is 11.9 Å². The summed E-state index contributed by atoms with van der Waals surface area (Å²) in [5, 5.41) is 2.86. The number of anilines is 1. The summed E-state index contributed by atoms with van der Waals surface area (Å²) >= 11 is 0. The van der Waals surface area contributed by atoms with Crippen LogP contribution in [0, 0.1) is 5.92 Å². The van der Waals surface area contributed by atoms with Gasteiger partial charge in [0, 0.05) is 26.7 Å². The molecule has 1 aromatic rings. The lowest BCUT2D eigenvalue weighted by atomic mass is 10.1. The number of amides is 3. The first-order chi connectivity index (χ1) is 12.4. The Bertz CT molecular complexity index is 621. The average molecular weight is 363 g/mol. The number of rotatable bonds is 7. The molecule has 0 radical (unpaired) electrons. The van der Waals surface area contributed by atoms with Gasteiger partial charge in [0.2, 0.25) is 5.91 Å². The van der Waals surface area contributed by atoms with Gasteiger partial charge in [-0.25, -0.2) is 4.79 Å². The Kier molecular flexibility index (Phi) is 7.26. The molecule has 1 heterocycles. The van der Waals surface area contributed by atoms with E-state index in [2.05, 4.69) is 19.2 Å². The Balaban J connectivity index is 2.01. The van der Waals surface area contributed by atoms with Crippen molar-refractivity contribution in [3.8, 4) is 5.75 Å². The molecule has 1 unspecified atom stereocenters. The molecule has 1 saturated heterocycles. The van der Waals surface area contributed by atoms with E-state index in [9.17, 15) is 9.59 Å². The van der Waals surface area contributed by atoms with Crippen molar-refractivity contribution in [3.05, 3.63) is 24.3 Å². The van der Waals surface area contributed by atoms with Crippen molar-refractivity contribution >= 4 is 17.6 Å². The predicted octanol–water partition coefficient (Wildman–Crippen LogP) is 2.43. The molecule has 0 aliphatic carbocycles. The molecule has 3 amide bonds. The molecule has 0 spiro atoms. The highest BCUT2D eigenvalue weighted by Gasteiger charge is 2.34. The van der Waals surface area contributed by atoms with Gasteiger partial charge in [-0.15, -0.1) is 0 Å². The Morgan fingerprint density at radius 1 is 1.27 bits per heavy atom. The highest BCUT2D eigenvalue weighted by molar-refractivity contribution is 5.95. The van der Waals surface area contributed by atoms with Crippen molar-refractivity contribution in [2.45, 2.75) is 26.8 Å². The molecule has 1 aromatic carbocycles. The molecule has 26 heavy (non-hydrogen) atoms. The number of piperazine rings is 1. The van der Waals surface area contributed by atoms with E-state index in [4.69, 9.17) is 9.47 Å². The molecule has 144 valence electrons. The minimum absolute atomic E-state index is 0.00951. The normalized spacial score (nSPS) is 17.6. The van der Waals surface area contributed by atoms with Crippen molar-refractivity contribution in [1.29, 1.82) is 0 Å². The van der Waals surface area contributed by atoms with Gasteiger partial charge in [-0.1, -0.05) is 26.0 Å². The average Bonchev–Trinajstić information content (AvgIpc) is 2.60. The van der Waals surface area contributed by atoms with Gasteiger partial charge in [0.25, 0.3) is 0 Å². The van der Waals surface area contributed by atoms with Crippen LogP contribution in [0.15, 0.2) is 24.3 Å². The van der Waals surface area contributed by atoms with E-state index < -0.39 is 6.04 Å². The van der Waals surface area contributed by atoms with Crippen LogP contribution >= 0.6 is 0 Å². The van der Waals surface area contributed by atoms with E-state index in [1.54, 1.807) is 31.1 Å². The molecule has 0 aromatic heterocycles. The number of methoxy groups -OCH3 is 1. The van der Waals surface area contributed by atoms with Crippen molar-refractivity contribution < 1.29 is 19.1 Å². The van der Waals surface area contributed by atoms with Crippen LogP contribution in [0.2, 0.25) is 0 Å². The predicted molar refractivity (Wildman–Crippen MR) is 100 cm³/mol. The number of para-hydroxylation sites is 2. The maximum absolute atomic E-state index is 12.7. The zero-order valence-corrected chi connectivity index (χ0v) is 16.0. The summed E-state index contributed by atoms with van der Waals surface area (Å²) in [4.78, 5) is 28.6. The smallest absolute Gasteiger partial charge is 0.322 e. The molecule has 0 bridgehead atoms. The number of benzene rings is 1. The van der Waals surface area contributed by atoms with Crippen LogP contribution in [0.25, 0.3) is 0 Å². The fraction of sp³-hybridized carbons (Fsp3) is 0.579. The van der Waals surface area contributed by atoms with Crippen LogP contribution in [0.1, 0.15) is 20.8 Å². The third-order valence-corrected chi connectivity index (χ3v) is 4.27. The van der Waals surface area contributed by atoms with Crippen LogP contribution in [0.4, 0.5) is 10.5 Å². The Hall–Kier alpha value is -2.28. The van der Waals surface area contributed by atoms with Gasteiger partial charge in [-0.3, -0.25) is 4.79 Å². The molecular weight excluding hydrogens is 334 g/mol. The van der Waals surface area contributed by atoms with Gasteiger partial charge in [0.1, 0.15) is 18.4 Å². The quantitative estimate of drug-likeness (QED) is 0.756. The summed E-state index contributed by atoms with van der Waals surface area (Å²) in [5.74, 6) is 0.975. The van der Waals surface area contributed by atoms with Gasteiger partial charge in [-0.2, -0.15) is 0 Å². The van der Waals surface area contributed by atoms with Crippen LogP contribution < -0.4 is 10.1 Å². The van der Waals surface area contributed by atoms with Crippen molar-refractivity contribution in [2.75, 3.05) is 45.3 Å². The minimum atomic E-state index is -0.482. The summed E-state index contributed by atoms with van der Waals surface area (Å²) in [6.07, 6.45) is 0. The first-order valence-corrected chi connectivity index (χ1v) is 9.01. The maximum Gasteiger partial charge on any atom is 0.322 e. The Morgan fingerprint density at radius 2 is 2.00 bits per heavy atom. The summed E-state index contributed by atoms with van der Waals surface area (Å²) in [5.41, 5.74) is 0.581. The first-order valence-electron chi connectivity index (χ1n) is 9.01. The molecule has 1 aliphatic heterocycles. The number of nitrogens with zero attached hydrogens (tertiary/aromatic N) is 2. The van der Waals surface area contributed by atoms with E-state index >= 15 is 0 Å². The number of ether oxygens (including phenoxy) is 2. The maximum atomic E-state index is 12.7. The number of carbonyl (C=O) groups excluding carboxylic acids is 2. The van der Waals surface area contributed by atoms with Gasteiger partial charge in [0.05, 0.1) is 12.3 Å². The summed E-state index contributed by atoms with van der Waals surface area (Å²) in [6, 6.07) is 6.46. The number of hydrogen-bond donors (Lipinski definition) is 1. The molecule has 2 rings (SSSR count). The molecule has 0 saturated carbocycles. The summed E-state index contributed by atoms with van der Waals surface area (Å²) < 4.78 is 10.6. The lowest BCUT2D eigenvalue weighted by molar-refractivity contribution is -0.139. The van der Waals surface area contributed by atoms with Crippen molar-refractivity contribution in [3.63, 3.8) is 0 Å². The van der Waals surface area contributed by atoms with Crippen LogP contribution in [-0.4, -0.2) is 67.7 Å². The van der Waals surface area contributed by atoms with E-state index in [1.165, 1.54) is 0 Å². The zero-order valence-electron chi connectivity index (χ0n) is 16.0. The third kappa shape index (κ3) is 5.11. The summed E-state index contributed by atoms with van der Waals surface area (Å²) in [7, 11) is 1.61. The molecule has 1 fully saturated rings. The highest BCUT2D eigenvalue weighted by Crippen LogP contribution is 2.25. The zero-order chi connectivity index (χ0) is 19.1. The van der Waals surface area contributed by atoms with Gasteiger partial charge in [-0.05, 0) is 25.0 Å². The van der Waals surface area contributed by atoms with Gasteiger partial charge >= 0.3 is 6.03 Å². The molecule has 1 atom stereocenters. The minimum Gasteiger partial charge on any atom is -0.489 e. The lowest BCUT2D eigenvalue weighted by Crippen LogP contribution is -2.58. The van der Waals surface area contributed by atoms with E-state index in [0.717, 1.165) is 6.54 Å². The second-order valence-electron chi connectivity index (χ2n) is 6.82. The standard InChI is InChI=1S/C19H29N3O4/c1-14(2)13-21-9-10-22(15(3)18(21)23)19(24)20-16-7-5-6-8-17(16)26-12-11-25-4/h5-8,14-15H,9-13H2,1-4H3,(H,20,24). The first kappa shape index (κ1) is 20.0. The number of nitrogens with one attached hydrogen (secondary N) is 1. The second-order valence-corrected chi connectivity index (χ2v) is 6.82. The van der Waals surface area contributed by atoms with Crippen molar-refractivity contribution in [1.82, 2.24) is 9.80 Å². The fourth-order valence-electron chi connectivity index (χ4n) is 2.95. The van der Waals surface area contributed by atoms with E-state index in [0.29, 0.717) is 43.7 Å². The molecular formula is C19H29N3O4. The molecule has 1 aliphatic rings. The molecule has 7 heteroatoms. The number of carbonyl (C=O) groups is 2. The molecule has 1 N–H and O–H groups in total. The lowest BCUT2D eigenvalue weighted by Gasteiger charge is -2.39. The topological polar surface area (TPSA) is 71.1 Å². The SMILES string of the molecule is COCCOc1ccccc1NC(=O)N1CCN(CC(C)C)C(=O)C1C. The van der Waals surface area contributed by atoms with Crippen LogP contribution in [0.5, 0.6) is 5.75 Å². The van der Waals surface area contributed by atoms with Gasteiger partial charge < -0.3 is 24.6 Å². The largest absolute Gasteiger partial charge is 0.489 e. The number of urea groups is 1. The van der Waals surface area contributed by atoms with E-state index in [1.807, 2.05) is 17.0 Å². The third-order valence-electron chi connectivity index (χ3n) is 4.27. The number of hydrogen-bond acceptors (Lipinski definition) is 4. The monoisotopic (exact) mass is 363 g/mol. The van der Waals surface area contributed by atoms with Crippen molar-refractivity contribution in [2.24, 2.45) is 5.92 Å². The summed E-state index contributed by atoms with van der Waals surface area (Å²) in [6.45, 7) is 8.58. The molecule has 7 nitrogen and oxygen atoms in total. The fourth-order valence-corrected chi connectivity index (χ4v) is 2.95. The highest BCUT2D eigenvalue weighted by atomic mass is 16.5. The van der Waals surface area contributed by atoms with Crippen LogP contribution in [-0.2, 0) is 9.53 Å². The van der Waals surface area contributed by atoms with Crippen LogP contribution in [0.3, 0.4) is 0 Å². The van der Waals surface area contributed by atoms with Gasteiger partial charge in [0.15, 0.2) is 0 Å². The Labute approximate surface area is 155 Å². The Morgan fingerprint density at radius 3 is 2.69 bits per heavy atom.